The second kappa shape index (κ2) is 9.60. The average molecular weight is 555 g/mol. The number of hydrogen-bond acceptors (Lipinski definition) is 10. The molecule has 11 nitrogen and oxygen atoms in total. The van der Waals surface area contributed by atoms with Crippen LogP contribution in [0.4, 0.5) is 5.69 Å². The smallest absolute Gasteiger partial charge is 0.255 e. The number of Topliss-reactive ketones (excluding diaryl/α,β-unsaturated/α-hetero) is 2. The molecular formula is C29H38N4O7. The molecule has 216 valence electrons. The number of aromatic hydroxyl groups is 1. The van der Waals surface area contributed by atoms with Crippen molar-refractivity contribution in [2.45, 2.75) is 50.3 Å². The van der Waals surface area contributed by atoms with Gasteiger partial charge in [0, 0.05) is 36.8 Å². The quantitative estimate of drug-likeness (QED) is 0.334. The van der Waals surface area contributed by atoms with Gasteiger partial charge in [-0.05, 0) is 76.5 Å². The molecule has 1 aliphatic heterocycles. The molecule has 0 saturated heterocycles. The van der Waals surface area contributed by atoms with Crippen LogP contribution in [0.3, 0.4) is 0 Å². The van der Waals surface area contributed by atoms with Gasteiger partial charge in [0.05, 0.1) is 11.6 Å². The Morgan fingerprint density at radius 2 is 1.88 bits per heavy atom. The highest BCUT2D eigenvalue weighted by Gasteiger charge is 2.64. The van der Waals surface area contributed by atoms with Gasteiger partial charge in [0.2, 0.25) is 5.78 Å². The lowest BCUT2D eigenvalue weighted by molar-refractivity contribution is -0.153. The van der Waals surface area contributed by atoms with Crippen LogP contribution in [0.25, 0.3) is 5.76 Å². The molecule has 3 aliphatic carbocycles. The molecule has 1 heterocycles. The van der Waals surface area contributed by atoms with Crippen LogP contribution in [0.1, 0.15) is 48.9 Å². The van der Waals surface area contributed by atoms with E-state index >= 15 is 0 Å². The average Bonchev–Trinajstić information content (AvgIpc) is 2.85. The van der Waals surface area contributed by atoms with Crippen molar-refractivity contribution in [3.8, 4) is 5.75 Å². The Balaban J connectivity index is 1.72. The number of anilines is 1. The molecule has 1 fully saturated rings. The number of carbonyl (C=O) groups is 3. The lowest BCUT2D eigenvalue weighted by Crippen LogP contribution is -2.65. The van der Waals surface area contributed by atoms with Crippen molar-refractivity contribution < 1.29 is 34.8 Å². The highest BCUT2D eigenvalue weighted by molar-refractivity contribution is 6.24. The minimum Gasteiger partial charge on any atom is -0.508 e. The highest BCUT2D eigenvalue weighted by Crippen LogP contribution is 2.55. The van der Waals surface area contributed by atoms with Gasteiger partial charge in [-0.15, -0.1) is 0 Å². The van der Waals surface area contributed by atoms with E-state index in [9.17, 15) is 34.8 Å². The number of rotatable bonds is 5. The Morgan fingerprint density at radius 1 is 1.20 bits per heavy atom. The number of hydrogen-bond donors (Lipinski definition) is 5. The fraction of sp³-hybridized carbons (Fsp3) is 0.552. The summed E-state index contributed by atoms with van der Waals surface area (Å²) in [6, 6.07) is 0.605. The Labute approximate surface area is 233 Å². The van der Waals surface area contributed by atoms with Gasteiger partial charge in [0.15, 0.2) is 11.4 Å². The first-order chi connectivity index (χ1) is 18.8. The van der Waals surface area contributed by atoms with Crippen LogP contribution in [0, 0.1) is 11.8 Å². The number of ketones is 2. The number of phenols is 1. The number of aliphatic hydroxyl groups is 3. The zero-order valence-electron chi connectivity index (χ0n) is 23.6. The minimum atomic E-state index is -2.64. The van der Waals surface area contributed by atoms with Crippen molar-refractivity contribution >= 4 is 28.9 Å². The molecule has 6 N–H and O–H groups in total. The topological polar surface area (TPSA) is 168 Å². The minimum absolute atomic E-state index is 0.0661. The largest absolute Gasteiger partial charge is 0.508 e. The third-order valence-corrected chi connectivity index (χ3v) is 9.31. The number of nitrogens with two attached hydrogens (primary N) is 1. The fourth-order valence-electron chi connectivity index (χ4n) is 7.58. The van der Waals surface area contributed by atoms with Gasteiger partial charge < -0.3 is 31.1 Å². The van der Waals surface area contributed by atoms with E-state index < -0.39 is 58.0 Å². The van der Waals surface area contributed by atoms with E-state index in [1.807, 2.05) is 7.05 Å². The highest BCUT2D eigenvalue weighted by atomic mass is 16.3. The molecule has 0 bridgehead atoms. The number of aliphatic hydroxyl groups excluding tert-OH is 2. The Hall–Kier alpha value is -3.41. The second-order valence-electron chi connectivity index (χ2n) is 11.9. The Bertz CT molecular complexity index is 1380. The van der Waals surface area contributed by atoms with Crippen LogP contribution in [-0.2, 0) is 20.8 Å². The van der Waals surface area contributed by atoms with E-state index in [2.05, 4.69) is 23.8 Å². The number of phenolic OH excluding ortho intramolecular Hbond substituents is 1. The Morgan fingerprint density at radius 3 is 2.48 bits per heavy atom. The summed E-state index contributed by atoms with van der Waals surface area (Å²) >= 11 is 0. The maximum absolute atomic E-state index is 14.0. The summed E-state index contributed by atoms with van der Waals surface area (Å²) in [7, 11) is 7.19. The lowest BCUT2D eigenvalue weighted by atomic mass is 9.57. The first-order valence-corrected chi connectivity index (χ1v) is 13.7. The monoisotopic (exact) mass is 554 g/mol. The standard InChI is InChI=1S/C29H38N4O7/c1-6-8-32(4)17-7-9-33(5)22-14(17)12-18(34)20-15(22)10-13-11-16-23(31(2)3)25(36)21(28(30)39)27(38)29(16,40)26(37)19(13)24(20)35/h12-13,16-17,23,34-35,38,40H,6-11H2,1-5H3,(H2,30,39)/t13-,16-,17?,23+,29-/m0/s1. The predicted octanol–water partition coefficient (Wildman–Crippen LogP) is 1.19. The third kappa shape index (κ3) is 3.71. The summed E-state index contributed by atoms with van der Waals surface area (Å²) < 4.78 is 0. The normalized spacial score (nSPS) is 29.9. The van der Waals surface area contributed by atoms with Gasteiger partial charge in [-0.3, -0.25) is 24.2 Å². The van der Waals surface area contributed by atoms with Crippen molar-refractivity contribution in [3.05, 3.63) is 39.7 Å². The molecule has 40 heavy (non-hydrogen) atoms. The first-order valence-electron chi connectivity index (χ1n) is 13.7. The van der Waals surface area contributed by atoms with Crippen molar-refractivity contribution in [2.24, 2.45) is 17.6 Å². The predicted molar refractivity (Wildman–Crippen MR) is 148 cm³/mol. The van der Waals surface area contributed by atoms with Crippen LogP contribution >= 0.6 is 0 Å². The molecule has 1 unspecified atom stereocenters. The number of nitrogens with zero attached hydrogens (tertiary/aromatic N) is 3. The van der Waals surface area contributed by atoms with Crippen molar-refractivity contribution in [1.29, 1.82) is 0 Å². The number of primary amides is 1. The summed E-state index contributed by atoms with van der Waals surface area (Å²) in [5.74, 6) is -6.43. The van der Waals surface area contributed by atoms with Crippen molar-refractivity contribution in [1.82, 2.24) is 9.80 Å². The molecule has 5 atom stereocenters. The molecule has 5 rings (SSSR count). The number of fused-ring (bicyclic) bond motifs is 5. The molecular weight excluding hydrogens is 516 g/mol. The summed E-state index contributed by atoms with van der Waals surface area (Å²) in [4.78, 5) is 45.3. The van der Waals surface area contributed by atoms with Gasteiger partial charge in [0.1, 0.15) is 22.8 Å². The summed E-state index contributed by atoms with van der Waals surface area (Å²) in [6.45, 7) is 3.75. The van der Waals surface area contributed by atoms with Crippen LogP contribution in [0.15, 0.2) is 23.0 Å². The van der Waals surface area contributed by atoms with E-state index in [1.165, 1.54) is 4.90 Å². The molecule has 0 aromatic heterocycles. The van der Waals surface area contributed by atoms with E-state index in [1.54, 1.807) is 20.2 Å². The molecule has 1 saturated carbocycles. The molecule has 1 aromatic rings. The number of amides is 1. The maximum Gasteiger partial charge on any atom is 0.255 e. The fourth-order valence-corrected chi connectivity index (χ4v) is 7.58. The summed E-state index contributed by atoms with van der Waals surface area (Å²) in [5, 5.41) is 45.5. The van der Waals surface area contributed by atoms with E-state index in [0.29, 0.717) is 5.56 Å². The SMILES string of the molecule is CCCN(C)C1CCN(C)c2c1cc(O)c1c2C[C@H]2C[C@H]3[C@@H](N(C)C)C(=O)C(C(N)=O)=C(O)[C@@]3(O)C(=O)C2=C1O. The molecule has 0 spiro atoms. The van der Waals surface area contributed by atoms with Crippen LogP contribution in [0.5, 0.6) is 5.75 Å². The third-order valence-electron chi connectivity index (χ3n) is 9.31. The van der Waals surface area contributed by atoms with E-state index in [0.717, 1.165) is 37.2 Å². The number of carbonyl (C=O) groups excluding carboxylic acids is 3. The van der Waals surface area contributed by atoms with Crippen LogP contribution in [-0.4, -0.2) is 101 Å². The zero-order valence-corrected chi connectivity index (χ0v) is 23.6. The maximum atomic E-state index is 14.0. The molecule has 1 amide bonds. The van der Waals surface area contributed by atoms with Crippen molar-refractivity contribution in [3.63, 3.8) is 0 Å². The number of benzene rings is 1. The number of likely N-dealkylation sites (N-methyl/N-ethyl adjacent to an activating group) is 1. The molecule has 1 aromatic carbocycles. The van der Waals surface area contributed by atoms with Crippen LogP contribution < -0.4 is 10.6 Å². The van der Waals surface area contributed by atoms with E-state index in [-0.39, 0.29) is 35.8 Å². The molecule has 11 heteroatoms. The second-order valence-corrected chi connectivity index (χ2v) is 11.9. The Kier molecular flexibility index (Phi) is 6.75. The van der Waals surface area contributed by atoms with E-state index in [4.69, 9.17) is 5.73 Å². The molecule has 0 radical (unpaired) electrons. The zero-order chi connectivity index (χ0) is 29.4. The lowest BCUT2D eigenvalue weighted by Gasteiger charge is -2.50. The summed E-state index contributed by atoms with van der Waals surface area (Å²) in [5.41, 5.74) is 4.47. The molecule has 4 aliphatic rings. The van der Waals surface area contributed by atoms with Gasteiger partial charge in [-0.1, -0.05) is 6.92 Å². The summed E-state index contributed by atoms with van der Waals surface area (Å²) in [6.07, 6.45) is 2.18. The van der Waals surface area contributed by atoms with Gasteiger partial charge in [0.25, 0.3) is 5.91 Å². The van der Waals surface area contributed by atoms with Gasteiger partial charge in [-0.2, -0.15) is 0 Å². The first kappa shape index (κ1) is 28.1. The van der Waals surface area contributed by atoms with Crippen LogP contribution in [0.2, 0.25) is 0 Å². The van der Waals surface area contributed by atoms with Gasteiger partial charge in [-0.25, -0.2) is 0 Å². The van der Waals surface area contributed by atoms with Gasteiger partial charge >= 0.3 is 0 Å². The van der Waals surface area contributed by atoms with Crippen molar-refractivity contribution in [2.75, 3.05) is 46.2 Å².